The summed E-state index contributed by atoms with van der Waals surface area (Å²) in [5.41, 5.74) is 1.01. The number of rotatable bonds is 9. The van der Waals surface area contributed by atoms with Gasteiger partial charge in [0.15, 0.2) is 0 Å². The zero-order chi connectivity index (χ0) is 15.1. The number of hydrogen-bond donors (Lipinski definition) is 1. The Morgan fingerprint density at radius 2 is 2.20 bits per heavy atom. The van der Waals surface area contributed by atoms with Crippen LogP contribution in [-0.2, 0) is 11.3 Å². The van der Waals surface area contributed by atoms with Gasteiger partial charge in [-0.3, -0.25) is 4.68 Å². The van der Waals surface area contributed by atoms with Crippen LogP contribution in [0.3, 0.4) is 0 Å². The number of hydrogen-bond acceptors (Lipinski definition) is 4. The molecular formula is C14H27ClN4O. The van der Waals surface area contributed by atoms with Gasteiger partial charge in [0.1, 0.15) is 0 Å². The smallest absolute Gasteiger partial charge is 0.0835 e. The van der Waals surface area contributed by atoms with Crippen molar-refractivity contribution in [3.63, 3.8) is 0 Å². The Balaban J connectivity index is 2.98. The van der Waals surface area contributed by atoms with Gasteiger partial charge in [0.05, 0.1) is 35.6 Å². The van der Waals surface area contributed by atoms with Gasteiger partial charge in [-0.1, -0.05) is 24.9 Å². The Hall–Kier alpha value is -0.620. The lowest BCUT2D eigenvalue weighted by Gasteiger charge is -2.27. The lowest BCUT2D eigenvalue weighted by Crippen LogP contribution is -2.34. The van der Waals surface area contributed by atoms with E-state index < -0.39 is 0 Å². The summed E-state index contributed by atoms with van der Waals surface area (Å²) in [5, 5.41) is 8.42. The second kappa shape index (κ2) is 8.62. The normalized spacial score (nSPS) is 14.8. The van der Waals surface area contributed by atoms with Crippen molar-refractivity contribution in [2.45, 2.75) is 38.5 Å². The third-order valence-corrected chi connectivity index (χ3v) is 3.74. The molecular weight excluding hydrogens is 276 g/mol. The highest BCUT2D eigenvalue weighted by Crippen LogP contribution is 2.28. The number of halogens is 1. The molecule has 0 fully saturated rings. The van der Waals surface area contributed by atoms with Crippen molar-refractivity contribution in [3.05, 3.63) is 16.9 Å². The van der Waals surface area contributed by atoms with E-state index in [1.807, 2.05) is 11.7 Å². The fraction of sp³-hybridized carbons (Fsp3) is 0.786. The molecule has 0 aliphatic heterocycles. The molecule has 0 aliphatic rings. The maximum Gasteiger partial charge on any atom is 0.0835 e. The first-order chi connectivity index (χ1) is 9.54. The fourth-order valence-corrected chi connectivity index (χ4v) is 2.62. The van der Waals surface area contributed by atoms with Crippen LogP contribution in [-0.4, -0.2) is 55.6 Å². The molecule has 0 aromatic carbocycles. The number of aromatic nitrogens is 2. The van der Waals surface area contributed by atoms with E-state index in [1.165, 1.54) is 0 Å². The van der Waals surface area contributed by atoms with Crippen LogP contribution in [0.25, 0.3) is 0 Å². The molecule has 6 heteroatoms. The number of ether oxygens (including phenoxy) is 1. The number of nitrogens with one attached hydrogen (secondary N) is 1. The van der Waals surface area contributed by atoms with E-state index in [0.29, 0.717) is 5.02 Å². The molecule has 1 N–H and O–H groups in total. The Morgan fingerprint density at radius 3 is 2.70 bits per heavy atom. The molecule has 1 heterocycles. The van der Waals surface area contributed by atoms with Crippen LogP contribution in [0.2, 0.25) is 5.02 Å². The van der Waals surface area contributed by atoms with Gasteiger partial charge < -0.3 is 15.0 Å². The molecule has 20 heavy (non-hydrogen) atoms. The van der Waals surface area contributed by atoms with Crippen LogP contribution in [0, 0.1) is 0 Å². The van der Waals surface area contributed by atoms with Crippen LogP contribution >= 0.6 is 11.6 Å². The summed E-state index contributed by atoms with van der Waals surface area (Å²) in [7, 11) is 7.79. The summed E-state index contributed by atoms with van der Waals surface area (Å²) in [6.07, 6.45) is 3.87. The van der Waals surface area contributed by atoms with Crippen LogP contribution in [0.1, 0.15) is 31.5 Å². The minimum atomic E-state index is 0.0529. The topological polar surface area (TPSA) is 42.3 Å². The third kappa shape index (κ3) is 4.45. The number of methoxy groups -OCH3 is 1. The first-order valence-corrected chi connectivity index (χ1v) is 7.48. The van der Waals surface area contributed by atoms with Crippen molar-refractivity contribution in [2.24, 2.45) is 0 Å². The van der Waals surface area contributed by atoms with E-state index in [-0.39, 0.29) is 12.1 Å². The van der Waals surface area contributed by atoms with Gasteiger partial charge in [0.2, 0.25) is 0 Å². The van der Waals surface area contributed by atoms with E-state index >= 15 is 0 Å². The molecule has 2 unspecified atom stereocenters. The zero-order valence-corrected chi connectivity index (χ0v) is 13.9. The van der Waals surface area contributed by atoms with Crippen molar-refractivity contribution >= 4 is 11.6 Å². The van der Waals surface area contributed by atoms with Crippen LogP contribution in [0.15, 0.2) is 6.20 Å². The largest absolute Gasteiger partial charge is 0.379 e. The zero-order valence-electron chi connectivity index (χ0n) is 13.2. The van der Waals surface area contributed by atoms with E-state index in [0.717, 1.165) is 31.6 Å². The summed E-state index contributed by atoms with van der Waals surface area (Å²) in [6.45, 7) is 3.90. The lowest BCUT2D eigenvalue weighted by molar-refractivity contribution is 0.0601. The molecule has 1 rings (SSSR count). The Morgan fingerprint density at radius 1 is 1.50 bits per heavy atom. The summed E-state index contributed by atoms with van der Waals surface area (Å²) in [4.78, 5) is 2.13. The van der Waals surface area contributed by atoms with Crippen LogP contribution in [0.4, 0.5) is 0 Å². The molecule has 116 valence electrons. The minimum absolute atomic E-state index is 0.0529. The Labute approximate surface area is 127 Å². The van der Waals surface area contributed by atoms with Gasteiger partial charge in [-0.05, 0) is 27.6 Å². The molecule has 0 aliphatic carbocycles. The number of likely N-dealkylation sites (N-methyl/N-ethyl adjacent to an activating group) is 2. The average Bonchev–Trinajstić information content (AvgIpc) is 2.78. The molecule has 0 radical (unpaired) electrons. The average molecular weight is 303 g/mol. The van der Waals surface area contributed by atoms with Crippen molar-refractivity contribution in [3.8, 4) is 0 Å². The molecule has 0 saturated carbocycles. The van der Waals surface area contributed by atoms with Crippen molar-refractivity contribution in [1.29, 1.82) is 0 Å². The minimum Gasteiger partial charge on any atom is -0.379 e. The van der Waals surface area contributed by atoms with E-state index in [9.17, 15) is 0 Å². The summed E-state index contributed by atoms with van der Waals surface area (Å²) < 4.78 is 7.61. The van der Waals surface area contributed by atoms with E-state index in [1.54, 1.807) is 13.3 Å². The maximum absolute atomic E-state index is 6.34. The molecule has 0 saturated heterocycles. The standard InChI is InChI=1S/C14H27ClN4O/c1-6-7-12(20-5)13(16-2)14-11(15)10-17-19(14)9-8-18(3)4/h10,12-13,16H,6-9H2,1-5H3. The highest BCUT2D eigenvalue weighted by Gasteiger charge is 2.26. The first kappa shape index (κ1) is 17.4. The summed E-state index contributed by atoms with van der Waals surface area (Å²) in [6, 6.07) is 0.0529. The Bertz CT molecular complexity index is 395. The van der Waals surface area contributed by atoms with Gasteiger partial charge in [-0.2, -0.15) is 5.10 Å². The predicted molar refractivity (Wildman–Crippen MR) is 83.3 cm³/mol. The lowest BCUT2D eigenvalue weighted by atomic mass is 10.0. The van der Waals surface area contributed by atoms with Crippen molar-refractivity contribution in [1.82, 2.24) is 20.0 Å². The molecule has 1 aromatic rings. The second-order valence-corrected chi connectivity index (χ2v) is 5.64. The third-order valence-electron chi connectivity index (χ3n) is 3.45. The summed E-state index contributed by atoms with van der Waals surface area (Å²) >= 11 is 6.34. The SMILES string of the molecule is CCCC(OC)C(NC)c1c(Cl)cnn1CCN(C)C. The van der Waals surface area contributed by atoms with Gasteiger partial charge in [0, 0.05) is 13.7 Å². The van der Waals surface area contributed by atoms with Gasteiger partial charge in [0.25, 0.3) is 0 Å². The highest BCUT2D eigenvalue weighted by atomic mass is 35.5. The Kier molecular flexibility index (Phi) is 7.51. The molecule has 5 nitrogen and oxygen atoms in total. The van der Waals surface area contributed by atoms with Gasteiger partial charge in [-0.15, -0.1) is 0 Å². The molecule has 0 amide bonds. The van der Waals surface area contributed by atoms with Gasteiger partial charge >= 0.3 is 0 Å². The summed E-state index contributed by atoms with van der Waals surface area (Å²) in [5.74, 6) is 0. The molecule has 2 atom stereocenters. The number of nitrogens with zero attached hydrogens (tertiary/aromatic N) is 3. The molecule has 1 aromatic heterocycles. The van der Waals surface area contributed by atoms with Crippen LogP contribution < -0.4 is 5.32 Å². The van der Waals surface area contributed by atoms with E-state index in [2.05, 4.69) is 36.3 Å². The van der Waals surface area contributed by atoms with Crippen molar-refractivity contribution in [2.75, 3.05) is 34.8 Å². The quantitative estimate of drug-likeness (QED) is 0.759. The molecule has 0 bridgehead atoms. The second-order valence-electron chi connectivity index (χ2n) is 5.23. The maximum atomic E-state index is 6.34. The first-order valence-electron chi connectivity index (χ1n) is 7.11. The predicted octanol–water partition coefficient (Wildman–Crippen LogP) is 2.17. The highest BCUT2D eigenvalue weighted by molar-refractivity contribution is 6.31. The molecule has 0 spiro atoms. The van der Waals surface area contributed by atoms with Gasteiger partial charge in [-0.25, -0.2) is 0 Å². The van der Waals surface area contributed by atoms with E-state index in [4.69, 9.17) is 16.3 Å². The fourth-order valence-electron chi connectivity index (χ4n) is 2.36. The van der Waals surface area contributed by atoms with Crippen LogP contribution in [0.5, 0.6) is 0 Å². The monoisotopic (exact) mass is 302 g/mol. The van der Waals surface area contributed by atoms with Crippen molar-refractivity contribution < 1.29 is 4.74 Å².